The summed E-state index contributed by atoms with van der Waals surface area (Å²) in [4.78, 5) is 24.8. The molecule has 5 rings (SSSR count). The number of benzene rings is 4. The number of para-hydroxylation sites is 1. The summed E-state index contributed by atoms with van der Waals surface area (Å²) in [7, 11) is 0. The molecule has 0 unspecified atom stereocenters. The van der Waals surface area contributed by atoms with Crippen LogP contribution >= 0.6 is 0 Å². The maximum Gasteiger partial charge on any atom is 0.379 e. The first-order valence-corrected chi connectivity index (χ1v) is 13.5. The lowest BCUT2D eigenvalue weighted by Gasteiger charge is -2.15. The van der Waals surface area contributed by atoms with E-state index in [1.165, 1.54) is 22.3 Å². The number of nitrogens with zero attached hydrogens (tertiary/aromatic N) is 1. The van der Waals surface area contributed by atoms with Gasteiger partial charge in [-0.3, -0.25) is 4.79 Å². The van der Waals surface area contributed by atoms with Crippen LogP contribution in [0.3, 0.4) is 0 Å². The lowest BCUT2D eigenvalue weighted by molar-refractivity contribution is -0.137. The maximum absolute atomic E-state index is 12.7. The van der Waals surface area contributed by atoms with Crippen molar-refractivity contribution in [1.82, 2.24) is 4.57 Å². The van der Waals surface area contributed by atoms with Crippen molar-refractivity contribution in [2.75, 3.05) is 18.5 Å². The molecule has 0 bridgehead atoms. The summed E-state index contributed by atoms with van der Waals surface area (Å²) in [6.07, 6.45) is 1.75. The predicted molar refractivity (Wildman–Crippen MR) is 162 cm³/mol. The van der Waals surface area contributed by atoms with Crippen molar-refractivity contribution >= 4 is 39.5 Å². The number of carbonyl (C=O) groups is 2. The minimum Gasteiger partial charge on any atom is -0.460 e. The van der Waals surface area contributed by atoms with E-state index in [4.69, 9.17) is 4.74 Å². The Morgan fingerprint density at radius 3 is 2.02 bits per heavy atom. The summed E-state index contributed by atoms with van der Waals surface area (Å²) in [5, 5.41) is 4.24. The Morgan fingerprint density at radius 2 is 1.35 bits per heavy atom. The van der Waals surface area contributed by atoms with E-state index in [1.807, 2.05) is 41.0 Å². The van der Waals surface area contributed by atoms with E-state index in [0.717, 1.165) is 22.2 Å². The van der Waals surface area contributed by atoms with Gasteiger partial charge in [0.25, 0.3) is 5.78 Å². The van der Waals surface area contributed by atoms with E-state index in [1.54, 1.807) is 13.1 Å². The standard InChI is InChI=1S/C35H32N2O3/c1-3-40-35(39)34(38)31-24-37(32-17-11-10-16-30(31)32)23-22-36-29-20-18-28(19-21-29)33(27-14-8-5-9-15-27)25(2)26-12-6-4-7-13-26/h4-21,24,36H,3,22-23H2,1-2H3. The van der Waals surface area contributed by atoms with Crippen LogP contribution < -0.4 is 5.32 Å². The molecule has 0 atom stereocenters. The van der Waals surface area contributed by atoms with Gasteiger partial charge >= 0.3 is 5.97 Å². The molecular formula is C35H32N2O3. The molecule has 1 heterocycles. The molecule has 0 radical (unpaired) electrons. The van der Waals surface area contributed by atoms with Gasteiger partial charge in [-0.25, -0.2) is 4.79 Å². The summed E-state index contributed by atoms with van der Waals surface area (Å²) in [5.41, 5.74) is 8.23. The third-order valence-corrected chi connectivity index (χ3v) is 6.99. The van der Waals surface area contributed by atoms with E-state index < -0.39 is 11.8 Å². The third-order valence-electron chi connectivity index (χ3n) is 6.99. The maximum atomic E-state index is 12.7. The summed E-state index contributed by atoms with van der Waals surface area (Å²) in [6.45, 7) is 5.30. The van der Waals surface area contributed by atoms with Gasteiger partial charge in [-0.2, -0.15) is 0 Å². The minimum atomic E-state index is -0.824. The second-order valence-corrected chi connectivity index (χ2v) is 9.54. The van der Waals surface area contributed by atoms with Crippen LogP contribution in [0.2, 0.25) is 0 Å². The van der Waals surface area contributed by atoms with Crippen LogP contribution in [0.15, 0.2) is 115 Å². The third kappa shape index (κ3) is 5.74. The normalized spacial score (nSPS) is 11.7. The molecule has 0 saturated carbocycles. The number of aromatic nitrogens is 1. The monoisotopic (exact) mass is 528 g/mol. The Balaban J connectivity index is 1.34. The van der Waals surface area contributed by atoms with Crippen LogP contribution in [0.5, 0.6) is 0 Å². The smallest absolute Gasteiger partial charge is 0.379 e. The zero-order chi connectivity index (χ0) is 27.9. The van der Waals surface area contributed by atoms with Crippen LogP contribution in [0, 0.1) is 0 Å². The first-order valence-electron chi connectivity index (χ1n) is 13.5. The molecule has 40 heavy (non-hydrogen) atoms. The van der Waals surface area contributed by atoms with Gasteiger partial charge in [0.1, 0.15) is 0 Å². The number of ether oxygens (including phenoxy) is 1. The Morgan fingerprint density at radius 1 is 0.750 bits per heavy atom. The average molecular weight is 529 g/mol. The second-order valence-electron chi connectivity index (χ2n) is 9.54. The molecule has 0 spiro atoms. The lowest BCUT2D eigenvalue weighted by Crippen LogP contribution is -2.17. The zero-order valence-corrected chi connectivity index (χ0v) is 22.8. The van der Waals surface area contributed by atoms with Crippen molar-refractivity contribution in [3.8, 4) is 0 Å². The van der Waals surface area contributed by atoms with Crippen LogP contribution in [0.1, 0.15) is 40.9 Å². The average Bonchev–Trinajstić information content (AvgIpc) is 3.37. The van der Waals surface area contributed by atoms with Crippen molar-refractivity contribution in [2.24, 2.45) is 0 Å². The van der Waals surface area contributed by atoms with Crippen molar-refractivity contribution < 1.29 is 14.3 Å². The number of fused-ring (bicyclic) bond motifs is 1. The highest BCUT2D eigenvalue weighted by Crippen LogP contribution is 2.32. The van der Waals surface area contributed by atoms with Crippen LogP contribution in [-0.2, 0) is 16.1 Å². The van der Waals surface area contributed by atoms with Gasteiger partial charge in [-0.1, -0.05) is 91.0 Å². The number of nitrogens with one attached hydrogen (secondary N) is 1. The Bertz CT molecular complexity index is 1650. The molecule has 1 N–H and O–H groups in total. The Hall–Kier alpha value is -4.90. The summed E-state index contributed by atoms with van der Waals surface area (Å²) >= 11 is 0. The molecule has 0 aliphatic carbocycles. The minimum absolute atomic E-state index is 0.167. The number of hydrogen-bond acceptors (Lipinski definition) is 4. The van der Waals surface area contributed by atoms with Crippen LogP contribution in [0.25, 0.3) is 22.0 Å². The van der Waals surface area contributed by atoms with Gasteiger partial charge in [0, 0.05) is 35.9 Å². The zero-order valence-electron chi connectivity index (χ0n) is 22.8. The molecule has 5 heteroatoms. The number of Topliss-reactive ketones (excluding diaryl/α,β-unsaturated/α-hetero) is 1. The summed E-state index contributed by atoms with van der Waals surface area (Å²) in [5.74, 6) is -1.44. The van der Waals surface area contributed by atoms with Gasteiger partial charge < -0.3 is 14.6 Å². The van der Waals surface area contributed by atoms with Crippen molar-refractivity contribution in [3.05, 3.63) is 138 Å². The quantitative estimate of drug-likeness (QED) is 0.0884. The highest BCUT2D eigenvalue weighted by Gasteiger charge is 2.22. The van der Waals surface area contributed by atoms with E-state index in [2.05, 4.69) is 85.0 Å². The SMILES string of the molecule is CCOC(=O)C(=O)c1cn(CCNc2ccc(C(=C(C)c3ccccc3)c3ccccc3)cc2)c2ccccc12. The van der Waals surface area contributed by atoms with E-state index in [0.29, 0.717) is 18.7 Å². The number of esters is 1. The second kappa shape index (κ2) is 12.3. The van der Waals surface area contributed by atoms with Crippen molar-refractivity contribution in [3.63, 3.8) is 0 Å². The van der Waals surface area contributed by atoms with E-state index in [-0.39, 0.29) is 6.61 Å². The molecule has 0 fully saturated rings. The topological polar surface area (TPSA) is 60.3 Å². The fourth-order valence-electron chi connectivity index (χ4n) is 5.03. The number of carbonyl (C=O) groups excluding carboxylic acids is 2. The first-order chi connectivity index (χ1) is 19.6. The van der Waals surface area contributed by atoms with E-state index >= 15 is 0 Å². The molecule has 0 aliphatic rings. The Labute approximate surface area is 234 Å². The molecule has 5 aromatic rings. The molecule has 5 nitrogen and oxygen atoms in total. The fourth-order valence-corrected chi connectivity index (χ4v) is 5.03. The highest BCUT2D eigenvalue weighted by molar-refractivity contribution is 6.43. The highest BCUT2D eigenvalue weighted by atomic mass is 16.5. The molecule has 0 saturated heterocycles. The van der Waals surface area contributed by atoms with Crippen molar-refractivity contribution in [2.45, 2.75) is 20.4 Å². The molecule has 200 valence electrons. The number of hydrogen-bond donors (Lipinski definition) is 1. The number of rotatable bonds is 10. The molecular weight excluding hydrogens is 496 g/mol. The molecule has 0 aliphatic heterocycles. The summed E-state index contributed by atoms with van der Waals surface area (Å²) < 4.78 is 6.94. The number of anilines is 1. The van der Waals surface area contributed by atoms with Crippen molar-refractivity contribution in [1.29, 1.82) is 0 Å². The largest absolute Gasteiger partial charge is 0.460 e. The number of allylic oxidation sites excluding steroid dienone is 1. The molecule has 1 aromatic heterocycles. The van der Waals surface area contributed by atoms with Gasteiger partial charge in [-0.15, -0.1) is 0 Å². The molecule has 0 amide bonds. The van der Waals surface area contributed by atoms with Crippen LogP contribution in [0.4, 0.5) is 5.69 Å². The predicted octanol–water partition coefficient (Wildman–Crippen LogP) is 7.48. The van der Waals surface area contributed by atoms with Gasteiger partial charge in [-0.05, 0) is 59.9 Å². The van der Waals surface area contributed by atoms with Gasteiger partial charge in [0.05, 0.1) is 12.2 Å². The van der Waals surface area contributed by atoms with Gasteiger partial charge in [0.2, 0.25) is 0 Å². The van der Waals surface area contributed by atoms with Crippen LogP contribution in [-0.4, -0.2) is 29.5 Å². The Kier molecular flexibility index (Phi) is 8.21. The number of ketones is 1. The lowest BCUT2D eigenvalue weighted by atomic mass is 9.90. The first kappa shape index (κ1) is 26.7. The fraction of sp³-hybridized carbons (Fsp3) is 0.143. The van der Waals surface area contributed by atoms with E-state index in [9.17, 15) is 9.59 Å². The summed E-state index contributed by atoms with van der Waals surface area (Å²) in [6, 6.07) is 37.0. The van der Waals surface area contributed by atoms with Gasteiger partial charge in [0.15, 0.2) is 0 Å². The molecule has 4 aromatic carbocycles.